The van der Waals surface area contributed by atoms with Crippen LogP contribution in [0.3, 0.4) is 0 Å². The van der Waals surface area contributed by atoms with Gasteiger partial charge in [0, 0.05) is 28.5 Å². The van der Waals surface area contributed by atoms with Crippen molar-refractivity contribution in [1.29, 1.82) is 0 Å². The average molecular weight is 222 g/mol. The molecule has 1 fully saturated rings. The van der Waals surface area contributed by atoms with Crippen LogP contribution in [0.2, 0.25) is 0 Å². The summed E-state index contributed by atoms with van der Waals surface area (Å²) in [5.41, 5.74) is 0. The number of ketones is 2. The maximum absolute atomic E-state index is 11.3. The summed E-state index contributed by atoms with van der Waals surface area (Å²) in [6, 6.07) is 4.17. The van der Waals surface area contributed by atoms with Gasteiger partial charge in [-0.1, -0.05) is 6.92 Å². The Bertz CT molecular complexity index is 376. The van der Waals surface area contributed by atoms with Gasteiger partial charge in [-0.25, -0.2) is 0 Å². The molecule has 0 aliphatic heterocycles. The first kappa shape index (κ1) is 10.6. The van der Waals surface area contributed by atoms with Gasteiger partial charge < -0.3 is 0 Å². The van der Waals surface area contributed by atoms with Crippen molar-refractivity contribution in [1.82, 2.24) is 0 Å². The van der Waals surface area contributed by atoms with Gasteiger partial charge in [0.15, 0.2) is 0 Å². The molecular weight excluding hydrogens is 208 g/mol. The largest absolute Gasteiger partial charge is 0.299 e. The maximum Gasteiger partial charge on any atom is 0.140 e. The Morgan fingerprint density at radius 2 is 1.93 bits per heavy atom. The van der Waals surface area contributed by atoms with Crippen LogP contribution >= 0.6 is 11.3 Å². The second-order valence-corrected chi connectivity index (χ2v) is 5.22. The molecule has 3 heteroatoms. The summed E-state index contributed by atoms with van der Waals surface area (Å²) in [5.74, 6) is 0.356. The lowest BCUT2D eigenvalue weighted by Gasteiger charge is -2.18. The van der Waals surface area contributed by atoms with Gasteiger partial charge in [-0.15, -0.1) is 11.3 Å². The van der Waals surface area contributed by atoms with Crippen molar-refractivity contribution in [3.63, 3.8) is 0 Å². The topological polar surface area (TPSA) is 34.1 Å². The highest BCUT2D eigenvalue weighted by Gasteiger charge is 2.27. The third-order valence-corrected chi connectivity index (χ3v) is 4.17. The zero-order valence-electron chi connectivity index (χ0n) is 8.79. The van der Waals surface area contributed by atoms with E-state index in [0.29, 0.717) is 12.8 Å². The SMILES string of the molecule is CCc1ccc(C2CC(=O)CC(=O)C2)s1. The van der Waals surface area contributed by atoms with E-state index in [9.17, 15) is 9.59 Å². The van der Waals surface area contributed by atoms with E-state index in [1.165, 1.54) is 9.75 Å². The fourth-order valence-corrected chi connectivity index (χ4v) is 3.04. The summed E-state index contributed by atoms with van der Waals surface area (Å²) in [6.07, 6.45) is 2.28. The molecule has 1 aliphatic rings. The number of thiophene rings is 1. The van der Waals surface area contributed by atoms with Crippen LogP contribution in [0, 0.1) is 0 Å². The molecule has 0 bridgehead atoms. The van der Waals surface area contributed by atoms with Crippen LogP contribution in [0.25, 0.3) is 0 Å². The molecule has 0 N–H and O–H groups in total. The van der Waals surface area contributed by atoms with Crippen LogP contribution in [0.5, 0.6) is 0 Å². The molecule has 0 amide bonds. The quantitative estimate of drug-likeness (QED) is 0.721. The highest BCUT2D eigenvalue weighted by atomic mass is 32.1. The van der Waals surface area contributed by atoms with Gasteiger partial charge in [0.25, 0.3) is 0 Å². The van der Waals surface area contributed by atoms with Gasteiger partial charge in [-0.05, 0) is 18.6 Å². The summed E-state index contributed by atoms with van der Waals surface area (Å²) in [6.45, 7) is 2.12. The van der Waals surface area contributed by atoms with Crippen LogP contribution < -0.4 is 0 Å². The van der Waals surface area contributed by atoms with Crippen molar-refractivity contribution in [3.8, 4) is 0 Å². The molecule has 2 rings (SSSR count). The van der Waals surface area contributed by atoms with Crippen LogP contribution in [0.1, 0.15) is 41.9 Å². The molecule has 1 heterocycles. The highest BCUT2D eigenvalue weighted by Crippen LogP contribution is 2.33. The molecule has 2 nitrogen and oxygen atoms in total. The monoisotopic (exact) mass is 222 g/mol. The van der Waals surface area contributed by atoms with Crippen molar-refractivity contribution in [2.24, 2.45) is 0 Å². The Labute approximate surface area is 93.3 Å². The minimum atomic E-state index is 0.0997. The fourth-order valence-electron chi connectivity index (χ4n) is 1.99. The average Bonchev–Trinajstić information content (AvgIpc) is 2.64. The number of aryl methyl sites for hydroxylation is 1. The Hall–Kier alpha value is -0.960. The molecule has 0 radical (unpaired) electrons. The molecule has 1 saturated carbocycles. The lowest BCUT2D eigenvalue weighted by atomic mass is 9.86. The smallest absolute Gasteiger partial charge is 0.140 e. The van der Waals surface area contributed by atoms with Crippen molar-refractivity contribution in [2.75, 3.05) is 0 Å². The first-order valence-corrected chi connectivity index (χ1v) is 6.12. The summed E-state index contributed by atoms with van der Waals surface area (Å²) in [7, 11) is 0. The lowest BCUT2D eigenvalue weighted by molar-refractivity contribution is -0.130. The minimum Gasteiger partial charge on any atom is -0.299 e. The van der Waals surface area contributed by atoms with E-state index < -0.39 is 0 Å². The standard InChI is InChI=1S/C12H14O2S/c1-2-11-3-4-12(15-11)8-5-9(13)7-10(14)6-8/h3-4,8H,2,5-7H2,1H3. The molecular formula is C12H14O2S. The Kier molecular flexibility index (Phi) is 3.00. The Morgan fingerprint density at radius 3 is 2.47 bits per heavy atom. The van der Waals surface area contributed by atoms with E-state index in [-0.39, 0.29) is 23.9 Å². The van der Waals surface area contributed by atoms with E-state index in [1.807, 2.05) is 0 Å². The molecule has 0 saturated heterocycles. The molecule has 1 aliphatic carbocycles. The molecule has 1 aromatic heterocycles. The van der Waals surface area contributed by atoms with Crippen LogP contribution in [0.4, 0.5) is 0 Å². The second-order valence-electron chi connectivity index (χ2n) is 4.02. The van der Waals surface area contributed by atoms with Crippen LogP contribution in [0.15, 0.2) is 12.1 Å². The zero-order valence-corrected chi connectivity index (χ0v) is 9.60. The maximum atomic E-state index is 11.3. The predicted molar refractivity (Wildman–Crippen MR) is 60.3 cm³/mol. The first-order valence-electron chi connectivity index (χ1n) is 5.31. The van der Waals surface area contributed by atoms with Gasteiger partial charge in [0.05, 0.1) is 6.42 Å². The first-order chi connectivity index (χ1) is 7.19. The molecule has 0 spiro atoms. The van der Waals surface area contributed by atoms with E-state index in [1.54, 1.807) is 11.3 Å². The van der Waals surface area contributed by atoms with Gasteiger partial charge in [-0.2, -0.15) is 0 Å². The predicted octanol–water partition coefficient (Wildman–Crippen LogP) is 2.72. The van der Waals surface area contributed by atoms with Crippen LogP contribution in [-0.2, 0) is 16.0 Å². The van der Waals surface area contributed by atoms with Crippen molar-refractivity contribution in [3.05, 3.63) is 21.9 Å². The zero-order chi connectivity index (χ0) is 10.8. The highest BCUT2D eigenvalue weighted by molar-refractivity contribution is 7.12. The summed E-state index contributed by atoms with van der Waals surface area (Å²) < 4.78 is 0. The van der Waals surface area contributed by atoms with Gasteiger partial charge in [0.2, 0.25) is 0 Å². The third-order valence-electron chi connectivity index (χ3n) is 2.78. The minimum absolute atomic E-state index is 0.0997. The number of hydrogen-bond acceptors (Lipinski definition) is 3. The summed E-state index contributed by atoms with van der Waals surface area (Å²) >= 11 is 1.74. The molecule has 15 heavy (non-hydrogen) atoms. The van der Waals surface area contributed by atoms with Gasteiger partial charge in [-0.3, -0.25) is 9.59 Å². The lowest BCUT2D eigenvalue weighted by Crippen LogP contribution is -2.20. The third kappa shape index (κ3) is 2.34. The Balaban J connectivity index is 2.15. The number of rotatable bonds is 2. The fraction of sp³-hybridized carbons (Fsp3) is 0.500. The molecule has 80 valence electrons. The molecule has 0 atom stereocenters. The summed E-state index contributed by atoms with van der Waals surface area (Å²) in [5, 5.41) is 0. The van der Waals surface area contributed by atoms with Crippen molar-refractivity contribution >= 4 is 22.9 Å². The molecule has 1 aromatic rings. The number of carbonyl (C=O) groups excluding carboxylic acids is 2. The normalized spacial score (nSPS) is 18.5. The number of carbonyl (C=O) groups is 2. The van der Waals surface area contributed by atoms with E-state index in [4.69, 9.17) is 0 Å². The van der Waals surface area contributed by atoms with Gasteiger partial charge >= 0.3 is 0 Å². The Morgan fingerprint density at radius 1 is 1.27 bits per heavy atom. The van der Waals surface area contributed by atoms with Gasteiger partial charge in [0.1, 0.15) is 11.6 Å². The van der Waals surface area contributed by atoms with Crippen LogP contribution in [-0.4, -0.2) is 11.6 Å². The summed E-state index contributed by atoms with van der Waals surface area (Å²) in [4.78, 5) is 25.2. The second kappa shape index (κ2) is 4.27. The van der Waals surface area contributed by atoms with E-state index >= 15 is 0 Å². The number of Topliss-reactive ketones (excluding diaryl/α,β-unsaturated/α-hetero) is 2. The van der Waals surface area contributed by atoms with Crippen molar-refractivity contribution < 1.29 is 9.59 Å². The van der Waals surface area contributed by atoms with Crippen molar-refractivity contribution in [2.45, 2.75) is 38.5 Å². The van der Waals surface area contributed by atoms with E-state index in [2.05, 4.69) is 19.1 Å². The van der Waals surface area contributed by atoms with E-state index in [0.717, 1.165) is 6.42 Å². The number of hydrogen-bond donors (Lipinski definition) is 0. The molecule has 0 aromatic carbocycles. The molecule has 0 unspecified atom stereocenters.